The Bertz CT molecular complexity index is 301. The maximum Gasteiger partial charge on any atom is 0.218 e. The van der Waals surface area contributed by atoms with Gasteiger partial charge in [-0.25, -0.2) is 12.7 Å². The first-order chi connectivity index (χ1) is 7.17. The number of rotatable bonds is 7. The first-order valence-electron chi connectivity index (χ1n) is 5.31. The normalized spacial score (nSPS) is 15.4. The van der Waals surface area contributed by atoms with Crippen LogP contribution < -0.4 is 5.73 Å². The Balaban J connectivity index is 4.65. The summed E-state index contributed by atoms with van der Waals surface area (Å²) < 4.78 is 30.3. The van der Waals surface area contributed by atoms with E-state index >= 15 is 0 Å². The summed E-state index contributed by atoms with van der Waals surface area (Å²) in [4.78, 5) is 0. The molecule has 0 aromatic rings. The number of nitrogens with two attached hydrogens (primary N) is 1. The molecule has 0 spiro atoms. The highest BCUT2D eigenvalue weighted by atomic mass is 32.2. The van der Waals surface area contributed by atoms with Crippen LogP contribution in [0.15, 0.2) is 0 Å². The number of ether oxygens (including phenoxy) is 1. The van der Waals surface area contributed by atoms with Crippen LogP contribution in [0.2, 0.25) is 0 Å². The third-order valence-corrected chi connectivity index (χ3v) is 4.70. The van der Waals surface area contributed by atoms with Crippen LogP contribution >= 0.6 is 0 Å². The minimum atomic E-state index is -3.29. The van der Waals surface area contributed by atoms with Gasteiger partial charge in [-0.15, -0.1) is 0 Å². The van der Waals surface area contributed by atoms with Gasteiger partial charge in [-0.3, -0.25) is 0 Å². The highest BCUT2D eigenvalue weighted by Gasteiger charge is 2.29. The van der Waals surface area contributed by atoms with Crippen LogP contribution in [-0.4, -0.2) is 51.8 Å². The largest absolute Gasteiger partial charge is 0.383 e. The summed E-state index contributed by atoms with van der Waals surface area (Å²) in [6, 6.07) is 0. The van der Waals surface area contributed by atoms with Crippen molar-refractivity contribution in [2.75, 3.05) is 33.9 Å². The smallest absolute Gasteiger partial charge is 0.218 e. The van der Waals surface area contributed by atoms with Gasteiger partial charge in [0.05, 0.1) is 11.9 Å². The molecule has 1 unspecified atom stereocenters. The Morgan fingerprint density at radius 3 is 2.31 bits per heavy atom. The quantitative estimate of drug-likeness (QED) is 0.706. The Morgan fingerprint density at radius 2 is 1.94 bits per heavy atom. The minimum Gasteiger partial charge on any atom is -0.383 e. The molecule has 16 heavy (non-hydrogen) atoms. The molecule has 0 aliphatic carbocycles. The molecular weight excluding hydrogens is 228 g/mol. The van der Waals surface area contributed by atoms with Crippen molar-refractivity contribution in [3.63, 3.8) is 0 Å². The van der Waals surface area contributed by atoms with Crippen LogP contribution in [0.25, 0.3) is 0 Å². The van der Waals surface area contributed by atoms with Crippen molar-refractivity contribution < 1.29 is 13.2 Å². The van der Waals surface area contributed by atoms with Crippen molar-refractivity contribution in [1.82, 2.24) is 4.31 Å². The fraction of sp³-hybridized carbons (Fsp3) is 1.00. The second-order valence-electron chi connectivity index (χ2n) is 4.94. The average Bonchev–Trinajstić information content (AvgIpc) is 2.17. The molecule has 0 aliphatic rings. The number of hydrogen-bond acceptors (Lipinski definition) is 4. The second-order valence-corrected chi connectivity index (χ2v) is 7.39. The van der Waals surface area contributed by atoms with E-state index in [2.05, 4.69) is 0 Å². The van der Waals surface area contributed by atoms with Crippen LogP contribution in [0.5, 0.6) is 0 Å². The molecule has 0 fully saturated rings. The summed E-state index contributed by atoms with van der Waals surface area (Å²) in [5.74, 6) is 0. The standard InChI is InChI=1S/C10H24N2O3S/c1-9(6-15-5)16(13,14)12(4)8-10(2,3)7-11/h9H,6-8,11H2,1-5H3. The van der Waals surface area contributed by atoms with Crippen molar-refractivity contribution >= 4 is 10.0 Å². The molecule has 0 radical (unpaired) electrons. The Hall–Kier alpha value is -0.170. The lowest BCUT2D eigenvalue weighted by molar-refractivity contribution is 0.197. The van der Waals surface area contributed by atoms with Crippen LogP contribution in [0.3, 0.4) is 0 Å². The molecule has 0 heterocycles. The van der Waals surface area contributed by atoms with Gasteiger partial charge in [0, 0.05) is 20.7 Å². The third-order valence-electron chi connectivity index (χ3n) is 2.55. The van der Waals surface area contributed by atoms with Crippen molar-refractivity contribution in [3.8, 4) is 0 Å². The van der Waals surface area contributed by atoms with Crippen molar-refractivity contribution in [3.05, 3.63) is 0 Å². The van der Waals surface area contributed by atoms with E-state index in [1.54, 1.807) is 14.0 Å². The van der Waals surface area contributed by atoms with E-state index < -0.39 is 15.3 Å². The highest BCUT2D eigenvalue weighted by molar-refractivity contribution is 7.89. The van der Waals surface area contributed by atoms with E-state index in [-0.39, 0.29) is 12.0 Å². The first-order valence-corrected chi connectivity index (χ1v) is 6.82. The minimum absolute atomic E-state index is 0.204. The van der Waals surface area contributed by atoms with Gasteiger partial charge in [0.2, 0.25) is 10.0 Å². The summed E-state index contributed by atoms with van der Waals surface area (Å²) in [6.07, 6.45) is 0. The maximum absolute atomic E-state index is 12.0. The molecule has 2 N–H and O–H groups in total. The van der Waals surface area contributed by atoms with Crippen LogP contribution in [0.4, 0.5) is 0 Å². The van der Waals surface area contributed by atoms with Gasteiger partial charge in [0.15, 0.2) is 0 Å². The first kappa shape index (κ1) is 15.8. The fourth-order valence-electron chi connectivity index (χ4n) is 1.39. The summed E-state index contributed by atoms with van der Waals surface area (Å²) in [6.45, 7) is 6.60. The van der Waals surface area contributed by atoms with E-state index in [1.807, 2.05) is 13.8 Å². The lowest BCUT2D eigenvalue weighted by atomic mass is 9.94. The molecule has 0 aromatic carbocycles. The van der Waals surface area contributed by atoms with Crippen molar-refractivity contribution in [2.45, 2.75) is 26.0 Å². The zero-order valence-electron chi connectivity index (χ0n) is 10.9. The number of sulfonamides is 1. The topological polar surface area (TPSA) is 72.6 Å². The molecule has 98 valence electrons. The zero-order chi connectivity index (χ0) is 13.0. The van der Waals surface area contributed by atoms with Gasteiger partial charge in [-0.2, -0.15) is 0 Å². The third kappa shape index (κ3) is 4.37. The molecule has 0 saturated heterocycles. The second kappa shape index (κ2) is 5.95. The Kier molecular flexibility index (Phi) is 5.89. The van der Waals surface area contributed by atoms with Gasteiger partial charge in [-0.05, 0) is 18.9 Å². The molecular formula is C10H24N2O3S. The predicted molar refractivity (Wildman–Crippen MR) is 65.7 cm³/mol. The summed E-state index contributed by atoms with van der Waals surface area (Å²) in [7, 11) is -0.214. The Morgan fingerprint density at radius 1 is 1.44 bits per heavy atom. The van der Waals surface area contributed by atoms with E-state index in [4.69, 9.17) is 10.5 Å². The van der Waals surface area contributed by atoms with Crippen molar-refractivity contribution in [1.29, 1.82) is 0 Å². The van der Waals surface area contributed by atoms with Gasteiger partial charge in [0.1, 0.15) is 0 Å². The molecule has 1 atom stereocenters. The number of hydrogen-bond donors (Lipinski definition) is 1. The number of nitrogens with zero attached hydrogens (tertiary/aromatic N) is 1. The van der Waals surface area contributed by atoms with Crippen LogP contribution in [0, 0.1) is 5.41 Å². The molecule has 0 aliphatic heterocycles. The van der Waals surface area contributed by atoms with E-state index in [9.17, 15) is 8.42 Å². The van der Waals surface area contributed by atoms with Gasteiger partial charge in [-0.1, -0.05) is 13.8 Å². The predicted octanol–water partition coefficient (Wildman–Crippen LogP) is 0.268. The van der Waals surface area contributed by atoms with Crippen LogP contribution in [-0.2, 0) is 14.8 Å². The Labute approximate surface area is 99.0 Å². The summed E-state index contributed by atoms with van der Waals surface area (Å²) >= 11 is 0. The molecule has 0 rings (SSSR count). The molecule has 0 bridgehead atoms. The molecule has 0 amide bonds. The highest BCUT2D eigenvalue weighted by Crippen LogP contribution is 2.18. The van der Waals surface area contributed by atoms with E-state index in [1.165, 1.54) is 11.4 Å². The number of methoxy groups -OCH3 is 1. The van der Waals surface area contributed by atoms with Gasteiger partial charge in [0.25, 0.3) is 0 Å². The maximum atomic E-state index is 12.0. The SMILES string of the molecule is COCC(C)S(=O)(=O)N(C)CC(C)(C)CN. The summed E-state index contributed by atoms with van der Waals surface area (Å²) in [5.41, 5.74) is 5.37. The lowest BCUT2D eigenvalue weighted by Crippen LogP contribution is -2.43. The molecule has 6 heteroatoms. The molecule has 0 aromatic heterocycles. The van der Waals surface area contributed by atoms with Crippen LogP contribution in [0.1, 0.15) is 20.8 Å². The molecule has 5 nitrogen and oxygen atoms in total. The molecule has 0 saturated carbocycles. The average molecular weight is 252 g/mol. The monoisotopic (exact) mass is 252 g/mol. The zero-order valence-corrected chi connectivity index (χ0v) is 11.7. The van der Waals surface area contributed by atoms with Crippen molar-refractivity contribution in [2.24, 2.45) is 11.1 Å². The van der Waals surface area contributed by atoms with Gasteiger partial charge < -0.3 is 10.5 Å². The fourth-order valence-corrected chi connectivity index (χ4v) is 2.84. The van der Waals surface area contributed by atoms with E-state index in [0.29, 0.717) is 13.1 Å². The van der Waals surface area contributed by atoms with E-state index in [0.717, 1.165) is 0 Å². The summed E-state index contributed by atoms with van der Waals surface area (Å²) in [5, 5.41) is -0.531. The van der Waals surface area contributed by atoms with Gasteiger partial charge >= 0.3 is 0 Å². The lowest BCUT2D eigenvalue weighted by Gasteiger charge is -2.30.